The van der Waals surface area contributed by atoms with Crippen LogP contribution in [0.4, 0.5) is 5.95 Å². The molecule has 1 aliphatic heterocycles. The quantitative estimate of drug-likeness (QED) is 0.585. The number of fused-ring (bicyclic) bond motifs is 1. The monoisotopic (exact) mass is 465 g/mol. The van der Waals surface area contributed by atoms with E-state index in [2.05, 4.69) is 25.6 Å². The van der Waals surface area contributed by atoms with E-state index in [0.717, 1.165) is 22.9 Å². The molecule has 31 heavy (non-hydrogen) atoms. The van der Waals surface area contributed by atoms with Gasteiger partial charge in [-0.3, -0.25) is 0 Å². The SMILES string of the molecule is CC(C)n1nnc2ccc(-c3nc(NC4CCN(S(C)(=O)=O)C[C@H]4O)ncc3Cl)cc21. The Labute approximate surface area is 185 Å². The molecule has 1 aliphatic rings. The molecule has 0 aliphatic carbocycles. The molecule has 2 aromatic heterocycles. The number of β-amino-alcohol motifs (C(OH)–C–C–N with tert-alkyl or cyclic N) is 1. The Bertz CT molecular complexity index is 1210. The molecule has 4 rings (SSSR count). The van der Waals surface area contributed by atoms with Gasteiger partial charge < -0.3 is 10.4 Å². The number of nitrogens with zero attached hydrogens (tertiary/aromatic N) is 6. The summed E-state index contributed by atoms with van der Waals surface area (Å²) in [4.78, 5) is 8.79. The lowest BCUT2D eigenvalue weighted by atomic mass is 10.0. The number of aromatic nitrogens is 5. The second kappa shape index (κ2) is 8.30. The largest absolute Gasteiger partial charge is 0.390 e. The first-order valence-electron chi connectivity index (χ1n) is 9.91. The smallest absolute Gasteiger partial charge is 0.223 e. The summed E-state index contributed by atoms with van der Waals surface area (Å²) < 4.78 is 26.5. The molecule has 12 heteroatoms. The predicted octanol–water partition coefficient (Wildman–Crippen LogP) is 1.93. The van der Waals surface area contributed by atoms with Crippen LogP contribution in [0.3, 0.4) is 0 Å². The molecule has 3 aromatic rings. The number of benzene rings is 1. The van der Waals surface area contributed by atoms with E-state index in [1.165, 1.54) is 10.5 Å². The predicted molar refractivity (Wildman–Crippen MR) is 118 cm³/mol. The van der Waals surface area contributed by atoms with Crippen LogP contribution in [0.25, 0.3) is 22.3 Å². The molecule has 1 aromatic carbocycles. The van der Waals surface area contributed by atoms with Gasteiger partial charge in [-0.2, -0.15) is 4.31 Å². The van der Waals surface area contributed by atoms with Crippen molar-refractivity contribution in [1.29, 1.82) is 0 Å². The van der Waals surface area contributed by atoms with Crippen molar-refractivity contribution in [3.63, 3.8) is 0 Å². The topological polar surface area (TPSA) is 126 Å². The highest BCUT2D eigenvalue weighted by atomic mass is 35.5. The number of hydrogen-bond acceptors (Lipinski definition) is 8. The third-order valence-corrected chi connectivity index (χ3v) is 6.85. The zero-order chi connectivity index (χ0) is 22.3. The van der Waals surface area contributed by atoms with E-state index in [1.807, 2.05) is 36.7 Å². The molecule has 0 saturated carbocycles. The number of piperidine rings is 1. The Morgan fingerprint density at radius 1 is 1.32 bits per heavy atom. The minimum atomic E-state index is -3.34. The number of halogens is 1. The molecule has 166 valence electrons. The lowest BCUT2D eigenvalue weighted by Gasteiger charge is -2.34. The minimum Gasteiger partial charge on any atom is -0.390 e. The summed E-state index contributed by atoms with van der Waals surface area (Å²) in [5.74, 6) is 0.312. The van der Waals surface area contributed by atoms with E-state index in [9.17, 15) is 13.5 Å². The summed E-state index contributed by atoms with van der Waals surface area (Å²) in [5, 5.41) is 22.3. The van der Waals surface area contributed by atoms with Crippen LogP contribution in [0.1, 0.15) is 26.3 Å². The third-order valence-electron chi connectivity index (χ3n) is 5.31. The number of aliphatic hydroxyl groups excluding tert-OH is 1. The summed E-state index contributed by atoms with van der Waals surface area (Å²) in [5.41, 5.74) is 2.99. The van der Waals surface area contributed by atoms with E-state index >= 15 is 0 Å². The van der Waals surface area contributed by atoms with Crippen LogP contribution in [-0.4, -0.2) is 74.3 Å². The van der Waals surface area contributed by atoms with Crippen LogP contribution in [0.15, 0.2) is 24.4 Å². The molecule has 1 saturated heterocycles. The first-order valence-corrected chi connectivity index (χ1v) is 12.1. The lowest BCUT2D eigenvalue weighted by molar-refractivity contribution is 0.0950. The van der Waals surface area contributed by atoms with Crippen molar-refractivity contribution >= 4 is 38.6 Å². The highest BCUT2D eigenvalue weighted by Gasteiger charge is 2.32. The number of nitrogens with one attached hydrogen (secondary N) is 1. The fraction of sp³-hybridized carbons (Fsp3) is 0.474. The van der Waals surface area contributed by atoms with Crippen molar-refractivity contribution < 1.29 is 13.5 Å². The summed E-state index contributed by atoms with van der Waals surface area (Å²) in [6.07, 6.45) is 2.20. The van der Waals surface area contributed by atoms with E-state index in [1.54, 1.807) is 0 Å². The number of sulfonamides is 1. The maximum absolute atomic E-state index is 11.7. The number of rotatable bonds is 5. The van der Waals surface area contributed by atoms with Gasteiger partial charge in [-0.25, -0.2) is 23.1 Å². The maximum atomic E-state index is 11.7. The normalized spacial score (nSPS) is 20.5. The van der Waals surface area contributed by atoms with Gasteiger partial charge in [-0.05, 0) is 32.4 Å². The molecule has 3 heterocycles. The molecule has 10 nitrogen and oxygen atoms in total. The van der Waals surface area contributed by atoms with Crippen molar-refractivity contribution in [2.75, 3.05) is 24.7 Å². The van der Waals surface area contributed by atoms with E-state index in [0.29, 0.717) is 29.6 Å². The molecule has 1 fully saturated rings. The summed E-state index contributed by atoms with van der Waals surface area (Å²) >= 11 is 6.39. The van der Waals surface area contributed by atoms with E-state index in [-0.39, 0.29) is 18.6 Å². The van der Waals surface area contributed by atoms with Crippen molar-refractivity contribution in [3.05, 3.63) is 29.4 Å². The third kappa shape index (κ3) is 4.49. The van der Waals surface area contributed by atoms with E-state index < -0.39 is 16.1 Å². The van der Waals surface area contributed by atoms with Gasteiger partial charge in [0.15, 0.2) is 0 Å². The maximum Gasteiger partial charge on any atom is 0.223 e. The second-order valence-corrected chi connectivity index (χ2v) is 10.3. The standard InChI is InChI=1S/C19H24ClN7O3S/c1-11(2)27-16-8-12(4-5-14(16)24-25-27)18-13(20)9-21-19(23-18)22-15-6-7-26(10-17(15)28)31(3,29)30/h4-5,8-9,11,15,17,28H,6-7,10H2,1-3H3,(H,21,22,23)/t15?,17-/m1/s1. The van der Waals surface area contributed by atoms with E-state index in [4.69, 9.17) is 11.6 Å². The van der Waals surface area contributed by atoms with Gasteiger partial charge in [-0.1, -0.05) is 22.9 Å². The summed E-state index contributed by atoms with van der Waals surface area (Å²) in [6, 6.07) is 5.46. The Hall–Kier alpha value is -2.34. The highest BCUT2D eigenvalue weighted by Crippen LogP contribution is 2.29. The van der Waals surface area contributed by atoms with Crippen LogP contribution in [0, 0.1) is 0 Å². The van der Waals surface area contributed by atoms with Crippen molar-refractivity contribution in [1.82, 2.24) is 29.3 Å². The fourth-order valence-corrected chi connectivity index (χ4v) is 4.70. The molecule has 1 unspecified atom stereocenters. The van der Waals surface area contributed by atoms with Crippen molar-refractivity contribution in [2.24, 2.45) is 0 Å². The minimum absolute atomic E-state index is 0.0276. The van der Waals surface area contributed by atoms with Crippen molar-refractivity contribution in [3.8, 4) is 11.3 Å². The number of aliphatic hydroxyl groups is 1. The van der Waals surface area contributed by atoms with Crippen LogP contribution >= 0.6 is 11.6 Å². The molecular weight excluding hydrogens is 442 g/mol. The Balaban J connectivity index is 1.60. The fourth-order valence-electron chi connectivity index (χ4n) is 3.64. The zero-order valence-electron chi connectivity index (χ0n) is 17.4. The number of hydrogen-bond donors (Lipinski definition) is 2. The Kier molecular flexibility index (Phi) is 5.86. The van der Waals surface area contributed by atoms with Crippen LogP contribution < -0.4 is 5.32 Å². The van der Waals surface area contributed by atoms with Gasteiger partial charge in [0.25, 0.3) is 0 Å². The number of anilines is 1. The zero-order valence-corrected chi connectivity index (χ0v) is 19.0. The van der Waals surface area contributed by atoms with Gasteiger partial charge in [0.1, 0.15) is 5.52 Å². The van der Waals surface area contributed by atoms with Crippen LogP contribution in [0.5, 0.6) is 0 Å². The van der Waals surface area contributed by atoms with Crippen molar-refractivity contribution in [2.45, 2.75) is 38.5 Å². The lowest BCUT2D eigenvalue weighted by Crippen LogP contribution is -2.51. The van der Waals surface area contributed by atoms with Crippen LogP contribution in [0.2, 0.25) is 5.02 Å². The molecule has 0 bridgehead atoms. The molecule has 2 atom stereocenters. The Morgan fingerprint density at radius 3 is 2.77 bits per heavy atom. The van der Waals surface area contributed by atoms with Gasteiger partial charge in [0.2, 0.25) is 16.0 Å². The van der Waals surface area contributed by atoms with Gasteiger partial charge in [0, 0.05) is 24.7 Å². The highest BCUT2D eigenvalue weighted by molar-refractivity contribution is 7.88. The summed E-state index contributed by atoms with van der Waals surface area (Å²) in [6.45, 7) is 4.40. The molecule has 2 N–H and O–H groups in total. The molecule has 0 spiro atoms. The average molecular weight is 466 g/mol. The van der Waals surface area contributed by atoms with Gasteiger partial charge in [-0.15, -0.1) is 5.10 Å². The van der Waals surface area contributed by atoms with Crippen LogP contribution in [-0.2, 0) is 10.0 Å². The second-order valence-electron chi connectivity index (χ2n) is 7.95. The van der Waals surface area contributed by atoms with Gasteiger partial charge in [0.05, 0.1) is 40.8 Å². The summed E-state index contributed by atoms with van der Waals surface area (Å²) in [7, 11) is -3.34. The average Bonchev–Trinajstić information content (AvgIpc) is 3.13. The first kappa shape index (κ1) is 21.9. The Morgan fingerprint density at radius 2 is 2.10 bits per heavy atom. The molecule has 0 amide bonds. The molecule has 0 radical (unpaired) electrons. The first-order chi connectivity index (χ1) is 14.6. The molecular formula is C19H24ClN7O3S. The van der Waals surface area contributed by atoms with Gasteiger partial charge >= 0.3 is 0 Å².